The molecule has 1 unspecified atom stereocenters. The summed E-state index contributed by atoms with van der Waals surface area (Å²) in [6.45, 7) is 2.53. The van der Waals surface area contributed by atoms with Crippen molar-refractivity contribution in [3.63, 3.8) is 0 Å². The maximum atomic E-state index is 12.0. The summed E-state index contributed by atoms with van der Waals surface area (Å²) in [4.78, 5) is 22.4. The first-order valence-corrected chi connectivity index (χ1v) is 7.93. The number of carboxylic acids is 1. The van der Waals surface area contributed by atoms with Crippen molar-refractivity contribution >= 4 is 43.7 Å². The molecular formula is C14H17Br2NO3. The van der Waals surface area contributed by atoms with Gasteiger partial charge in [-0.05, 0) is 52.9 Å². The average molecular weight is 407 g/mol. The van der Waals surface area contributed by atoms with Crippen molar-refractivity contribution in [2.24, 2.45) is 5.92 Å². The van der Waals surface area contributed by atoms with Crippen molar-refractivity contribution in [1.29, 1.82) is 0 Å². The molecule has 110 valence electrons. The van der Waals surface area contributed by atoms with E-state index in [1.165, 1.54) is 0 Å². The summed E-state index contributed by atoms with van der Waals surface area (Å²) >= 11 is 6.69. The molecule has 20 heavy (non-hydrogen) atoms. The van der Waals surface area contributed by atoms with Crippen LogP contribution in [0.25, 0.3) is 0 Å². The molecule has 0 radical (unpaired) electrons. The Morgan fingerprint density at radius 3 is 2.60 bits per heavy atom. The van der Waals surface area contributed by atoms with Gasteiger partial charge < -0.3 is 10.4 Å². The number of carbonyl (C=O) groups excluding carboxylic acids is 1. The second-order valence-corrected chi connectivity index (χ2v) is 6.48. The number of benzene rings is 1. The molecule has 1 amide bonds. The Balaban J connectivity index is 2.38. The molecule has 6 heteroatoms. The highest BCUT2D eigenvalue weighted by molar-refractivity contribution is 9.11. The highest BCUT2D eigenvalue weighted by atomic mass is 79.9. The first-order valence-electron chi connectivity index (χ1n) is 6.35. The molecule has 0 heterocycles. The Hall–Kier alpha value is -0.880. The standard InChI is InChI=1S/C14H17Br2NO3/c1-9(2-5-13(18)19)6-7-17-14(20)11-4-3-10(15)8-12(11)16/h3-4,8-9H,2,5-7H2,1H3,(H,17,20)(H,18,19). The number of hydrogen-bond donors (Lipinski definition) is 2. The Labute approximate surface area is 135 Å². The molecule has 0 aliphatic heterocycles. The largest absolute Gasteiger partial charge is 0.481 e. The van der Waals surface area contributed by atoms with Crippen molar-refractivity contribution in [1.82, 2.24) is 5.32 Å². The predicted octanol–water partition coefficient (Wildman–Crippen LogP) is 3.83. The smallest absolute Gasteiger partial charge is 0.303 e. The van der Waals surface area contributed by atoms with Crippen molar-refractivity contribution in [2.45, 2.75) is 26.2 Å². The molecule has 0 aliphatic rings. The van der Waals surface area contributed by atoms with Gasteiger partial charge in [-0.15, -0.1) is 0 Å². The molecule has 0 aliphatic carbocycles. The van der Waals surface area contributed by atoms with Crippen LogP contribution in [-0.4, -0.2) is 23.5 Å². The Bertz CT molecular complexity index is 491. The Morgan fingerprint density at radius 1 is 1.30 bits per heavy atom. The monoisotopic (exact) mass is 405 g/mol. The van der Waals surface area contributed by atoms with Gasteiger partial charge in [0.15, 0.2) is 0 Å². The lowest BCUT2D eigenvalue weighted by molar-refractivity contribution is -0.137. The van der Waals surface area contributed by atoms with E-state index in [1.807, 2.05) is 19.1 Å². The minimum atomic E-state index is -0.778. The van der Waals surface area contributed by atoms with Gasteiger partial charge in [-0.25, -0.2) is 0 Å². The van der Waals surface area contributed by atoms with Crippen LogP contribution in [-0.2, 0) is 4.79 Å². The maximum Gasteiger partial charge on any atom is 0.303 e. The number of rotatable bonds is 7. The summed E-state index contributed by atoms with van der Waals surface area (Å²) < 4.78 is 1.64. The third-order valence-corrected chi connectivity index (χ3v) is 4.10. The zero-order valence-electron chi connectivity index (χ0n) is 11.2. The van der Waals surface area contributed by atoms with Crippen LogP contribution in [0.1, 0.15) is 36.5 Å². The first-order chi connectivity index (χ1) is 9.40. The summed E-state index contributed by atoms with van der Waals surface area (Å²) in [6, 6.07) is 5.39. The zero-order chi connectivity index (χ0) is 15.1. The predicted molar refractivity (Wildman–Crippen MR) is 84.8 cm³/mol. The van der Waals surface area contributed by atoms with Crippen LogP contribution in [0.15, 0.2) is 27.1 Å². The molecule has 0 spiro atoms. The number of amides is 1. The molecule has 0 saturated heterocycles. The molecule has 0 bridgehead atoms. The number of carboxylic acid groups (broad SMARTS) is 1. The van der Waals surface area contributed by atoms with Gasteiger partial charge in [0.25, 0.3) is 5.91 Å². The number of halogens is 2. The summed E-state index contributed by atoms with van der Waals surface area (Å²) in [7, 11) is 0. The van der Waals surface area contributed by atoms with E-state index < -0.39 is 5.97 Å². The Kier molecular flexibility index (Phi) is 7.23. The van der Waals surface area contributed by atoms with Gasteiger partial charge >= 0.3 is 5.97 Å². The summed E-state index contributed by atoms with van der Waals surface area (Å²) in [5.41, 5.74) is 0.589. The molecule has 1 aromatic carbocycles. The molecule has 0 aromatic heterocycles. The number of aliphatic carboxylic acids is 1. The quantitative estimate of drug-likeness (QED) is 0.722. The van der Waals surface area contributed by atoms with Crippen molar-refractivity contribution in [2.75, 3.05) is 6.54 Å². The fraction of sp³-hybridized carbons (Fsp3) is 0.429. The van der Waals surface area contributed by atoms with Gasteiger partial charge in [0, 0.05) is 21.9 Å². The van der Waals surface area contributed by atoms with Gasteiger partial charge in [-0.3, -0.25) is 9.59 Å². The molecule has 1 rings (SSSR count). The number of hydrogen-bond acceptors (Lipinski definition) is 2. The van der Waals surface area contributed by atoms with Gasteiger partial charge in [0.1, 0.15) is 0 Å². The molecule has 1 aromatic rings. The second-order valence-electron chi connectivity index (χ2n) is 4.71. The lowest BCUT2D eigenvalue weighted by atomic mass is 10.0. The fourth-order valence-corrected chi connectivity index (χ4v) is 2.94. The van der Waals surface area contributed by atoms with E-state index in [1.54, 1.807) is 6.07 Å². The minimum absolute atomic E-state index is 0.130. The van der Waals surface area contributed by atoms with Crippen LogP contribution in [0, 0.1) is 5.92 Å². The van der Waals surface area contributed by atoms with Crippen LogP contribution in [0.5, 0.6) is 0 Å². The normalized spacial score (nSPS) is 11.9. The van der Waals surface area contributed by atoms with Crippen LogP contribution in [0.2, 0.25) is 0 Å². The molecule has 1 atom stereocenters. The minimum Gasteiger partial charge on any atom is -0.481 e. The third kappa shape index (κ3) is 6.05. The zero-order valence-corrected chi connectivity index (χ0v) is 14.3. The average Bonchev–Trinajstić information content (AvgIpc) is 2.36. The van der Waals surface area contributed by atoms with E-state index >= 15 is 0 Å². The van der Waals surface area contributed by atoms with Gasteiger partial charge in [-0.1, -0.05) is 22.9 Å². The summed E-state index contributed by atoms with van der Waals surface area (Å²) in [6.07, 6.45) is 1.58. The maximum absolute atomic E-state index is 12.0. The van der Waals surface area contributed by atoms with E-state index in [2.05, 4.69) is 37.2 Å². The van der Waals surface area contributed by atoms with Crippen molar-refractivity contribution in [3.05, 3.63) is 32.7 Å². The number of nitrogens with one attached hydrogen (secondary N) is 1. The topological polar surface area (TPSA) is 66.4 Å². The van der Waals surface area contributed by atoms with Crippen molar-refractivity contribution in [3.8, 4) is 0 Å². The fourth-order valence-electron chi connectivity index (χ4n) is 1.72. The Morgan fingerprint density at radius 2 is 2.00 bits per heavy atom. The number of carbonyl (C=O) groups is 2. The van der Waals surface area contributed by atoms with E-state index in [9.17, 15) is 9.59 Å². The molecule has 0 fully saturated rings. The summed E-state index contributed by atoms with van der Waals surface area (Å²) in [5, 5.41) is 11.4. The molecule has 0 saturated carbocycles. The first kappa shape index (κ1) is 17.2. The van der Waals surface area contributed by atoms with Crippen molar-refractivity contribution < 1.29 is 14.7 Å². The highest BCUT2D eigenvalue weighted by Crippen LogP contribution is 2.21. The van der Waals surface area contributed by atoms with Gasteiger partial charge in [0.05, 0.1) is 5.56 Å². The molecule has 2 N–H and O–H groups in total. The lowest BCUT2D eigenvalue weighted by Gasteiger charge is -2.11. The third-order valence-electron chi connectivity index (χ3n) is 2.95. The van der Waals surface area contributed by atoms with Crippen LogP contribution in [0.3, 0.4) is 0 Å². The lowest BCUT2D eigenvalue weighted by Crippen LogP contribution is -2.26. The SMILES string of the molecule is CC(CCNC(=O)c1ccc(Br)cc1Br)CCC(=O)O. The summed E-state index contributed by atoms with van der Waals surface area (Å²) in [5.74, 6) is -0.630. The van der Waals surface area contributed by atoms with Crippen LogP contribution < -0.4 is 5.32 Å². The van der Waals surface area contributed by atoms with Gasteiger partial charge in [0.2, 0.25) is 0 Å². The highest BCUT2D eigenvalue weighted by Gasteiger charge is 2.11. The molecular weight excluding hydrogens is 390 g/mol. The van der Waals surface area contributed by atoms with Crippen LogP contribution in [0.4, 0.5) is 0 Å². The van der Waals surface area contributed by atoms with E-state index in [0.29, 0.717) is 18.5 Å². The van der Waals surface area contributed by atoms with Gasteiger partial charge in [-0.2, -0.15) is 0 Å². The van der Waals surface area contributed by atoms with E-state index in [0.717, 1.165) is 15.4 Å². The van der Waals surface area contributed by atoms with Crippen LogP contribution >= 0.6 is 31.9 Å². The molecule has 4 nitrogen and oxygen atoms in total. The second kappa shape index (κ2) is 8.42. The van der Waals surface area contributed by atoms with E-state index in [4.69, 9.17) is 5.11 Å². The van der Waals surface area contributed by atoms with E-state index in [-0.39, 0.29) is 18.2 Å².